The summed E-state index contributed by atoms with van der Waals surface area (Å²) in [6.07, 6.45) is 7.73. The van der Waals surface area contributed by atoms with Gasteiger partial charge < -0.3 is 10.1 Å². The molecule has 3 atom stereocenters. The Labute approximate surface area is 85.7 Å². The van der Waals surface area contributed by atoms with Gasteiger partial charge in [0.1, 0.15) is 5.76 Å². The predicted octanol–water partition coefficient (Wildman–Crippen LogP) is 1.92. The molecule has 0 spiro atoms. The fourth-order valence-corrected chi connectivity index (χ4v) is 3.30. The first-order valence-corrected chi connectivity index (χ1v) is 5.88. The molecule has 3 unspecified atom stereocenters. The molecule has 3 rings (SSSR count). The molecule has 2 nitrogen and oxygen atoms in total. The molecule has 0 aromatic rings. The fraction of sp³-hybridized carbons (Fsp3) is 0.833. The molecule has 1 N–H and O–H groups in total. The van der Waals surface area contributed by atoms with Crippen molar-refractivity contribution in [3.63, 3.8) is 0 Å². The molecular formula is C12H19NO. The van der Waals surface area contributed by atoms with Gasteiger partial charge in [-0.1, -0.05) is 0 Å². The van der Waals surface area contributed by atoms with Crippen LogP contribution in [0.3, 0.4) is 0 Å². The molecule has 1 aliphatic heterocycles. The summed E-state index contributed by atoms with van der Waals surface area (Å²) in [7, 11) is 2.07. The lowest BCUT2D eigenvalue weighted by atomic mass is 9.93. The topological polar surface area (TPSA) is 21.3 Å². The molecular weight excluding hydrogens is 174 g/mol. The highest BCUT2D eigenvalue weighted by molar-refractivity contribution is 5.12. The lowest BCUT2D eigenvalue weighted by molar-refractivity contribution is 0.193. The standard InChI is InChI=1S/C12H19NO/c1-13-12(11-3-2-4-14-11)10-6-8-5-9(8)7-10/h3,8-10,12-13H,2,4-7H2,1H3. The molecule has 14 heavy (non-hydrogen) atoms. The van der Waals surface area contributed by atoms with Gasteiger partial charge in [0.2, 0.25) is 0 Å². The van der Waals surface area contributed by atoms with Crippen LogP contribution in [0.2, 0.25) is 0 Å². The van der Waals surface area contributed by atoms with E-state index in [2.05, 4.69) is 18.4 Å². The third kappa shape index (κ3) is 1.36. The van der Waals surface area contributed by atoms with E-state index in [1.54, 1.807) is 0 Å². The zero-order chi connectivity index (χ0) is 9.54. The molecule has 0 saturated heterocycles. The maximum absolute atomic E-state index is 5.67. The van der Waals surface area contributed by atoms with Gasteiger partial charge in [0.05, 0.1) is 12.6 Å². The van der Waals surface area contributed by atoms with Gasteiger partial charge in [-0.05, 0) is 50.1 Å². The summed E-state index contributed by atoms with van der Waals surface area (Å²) >= 11 is 0. The van der Waals surface area contributed by atoms with Crippen LogP contribution in [0, 0.1) is 17.8 Å². The zero-order valence-electron chi connectivity index (χ0n) is 8.83. The highest BCUT2D eigenvalue weighted by Crippen LogP contribution is 2.55. The van der Waals surface area contributed by atoms with E-state index in [1.165, 1.54) is 25.0 Å². The van der Waals surface area contributed by atoms with E-state index in [1.807, 2.05) is 0 Å². The second kappa shape index (κ2) is 3.27. The van der Waals surface area contributed by atoms with Gasteiger partial charge in [0.25, 0.3) is 0 Å². The summed E-state index contributed by atoms with van der Waals surface area (Å²) in [5.74, 6) is 4.20. The van der Waals surface area contributed by atoms with E-state index in [4.69, 9.17) is 4.74 Å². The van der Waals surface area contributed by atoms with Crippen LogP contribution in [0.1, 0.15) is 25.7 Å². The molecule has 2 aliphatic carbocycles. The Bertz CT molecular complexity index is 251. The van der Waals surface area contributed by atoms with Crippen LogP contribution in [0.4, 0.5) is 0 Å². The predicted molar refractivity (Wildman–Crippen MR) is 55.8 cm³/mol. The van der Waals surface area contributed by atoms with Crippen molar-refractivity contribution in [2.75, 3.05) is 13.7 Å². The molecule has 0 aromatic carbocycles. The molecule has 2 saturated carbocycles. The van der Waals surface area contributed by atoms with Gasteiger partial charge in [-0.2, -0.15) is 0 Å². The monoisotopic (exact) mass is 193 g/mol. The number of likely N-dealkylation sites (N-methyl/N-ethyl adjacent to an activating group) is 1. The molecule has 0 aromatic heterocycles. The van der Waals surface area contributed by atoms with Crippen molar-refractivity contribution in [2.24, 2.45) is 17.8 Å². The van der Waals surface area contributed by atoms with E-state index in [0.29, 0.717) is 6.04 Å². The molecule has 0 amide bonds. The zero-order valence-corrected chi connectivity index (χ0v) is 8.83. The normalized spacial score (nSPS) is 41.5. The third-order valence-electron chi connectivity index (χ3n) is 4.10. The number of nitrogens with one attached hydrogen (secondary N) is 1. The van der Waals surface area contributed by atoms with E-state index in [0.717, 1.165) is 30.8 Å². The van der Waals surface area contributed by atoms with Crippen molar-refractivity contribution in [3.8, 4) is 0 Å². The first-order valence-electron chi connectivity index (χ1n) is 5.88. The number of ether oxygens (including phenoxy) is 1. The van der Waals surface area contributed by atoms with Crippen molar-refractivity contribution < 1.29 is 4.74 Å². The van der Waals surface area contributed by atoms with Crippen LogP contribution in [0.25, 0.3) is 0 Å². The van der Waals surface area contributed by atoms with Crippen molar-refractivity contribution in [2.45, 2.75) is 31.7 Å². The van der Waals surface area contributed by atoms with Crippen molar-refractivity contribution in [1.82, 2.24) is 5.32 Å². The van der Waals surface area contributed by atoms with Crippen LogP contribution < -0.4 is 5.32 Å². The van der Waals surface area contributed by atoms with Crippen LogP contribution in [0.15, 0.2) is 11.8 Å². The SMILES string of the molecule is CNC(C1=CCCO1)C1CC2CC2C1. The maximum atomic E-state index is 5.67. The summed E-state index contributed by atoms with van der Waals surface area (Å²) < 4.78 is 5.67. The van der Waals surface area contributed by atoms with Gasteiger partial charge in [0, 0.05) is 6.42 Å². The lowest BCUT2D eigenvalue weighted by Gasteiger charge is -2.25. The summed E-state index contributed by atoms with van der Waals surface area (Å²) in [5.41, 5.74) is 0. The first-order chi connectivity index (χ1) is 6.88. The second-order valence-electron chi connectivity index (χ2n) is 5.00. The Morgan fingerprint density at radius 2 is 2.14 bits per heavy atom. The largest absolute Gasteiger partial charge is 0.496 e. The minimum atomic E-state index is 0.505. The number of fused-ring (bicyclic) bond motifs is 1. The molecule has 2 fully saturated rings. The van der Waals surface area contributed by atoms with Gasteiger partial charge in [-0.3, -0.25) is 0 Å². The van der Waals surface area contributed by atoms with Crippen LogP contribution in [-0.4, -0.2) is 19.7 Å². The number of hydrogen-bond acceptors (Lipinski definition) is 2. The summed E-state index contributed by atoms with van der Waals surface area (Å²) in [4.78, 5) is 0. The highest BCUT2D eigenvalue weighted by Gasteiger charge is 2.48. The smallest absolute Gasteiger partial charge is 0.109 e. The first kappa shape index (κ1) is 8.78. The van der Waals surface area contributed by atoms with Crippen molar-refractivity contribution in [1.29, 1.82) is 0 Å². The van der Waals surface area contributed by atoms with E-state index < -0.39 is 0 Å². The fourth-order valence-electron chi connectivity index (χ4n) is 3.30. The summed E-state index contributed by atoms with van der Waals surface area (Å²) in [6.45, 7) is 0.896. The average molecular weight is 193 g/mol. The average Bonchev–Trinajstić information content (AvgIpc) is 2.70. The molecule has 1 heterocycles. The van der Waals surface area contributed by atoms with Crippen molar-refractivity contribution >= 4 is 0 Å². The van der Waals surface area contributed by atoms with E-state index in [9.17, 15) is 0 Å². The number of hydrogen-bond donors (Lipinski definition) is 1. The minimum absolute atomic E-state index is 0.505. The molecule has 0 bridgehead atoms. The molecule has 3 aliphatic rings. The Morgan fingerprint density at radius 1 is 1.36 bits per heavy atom. The van der Waals surface area contributed by atoms with Crippen molar-refractivity contribution in [3.05, 3.63) is 11.8 Å². The van der Waals surface area contributed by atoms with Crippen LogP contribution >= 0.6 is 0 Å². The van der Waals surface area contributed by atoms with Gasteiger partial charge >= 0.3 is 0 Å². The molecule has 78 valence electrons. The lowest BCUT2D eigenvalue weighted by Crippen LogP contribution is -2.35. The quantitative estimate of drug-likeness (QED) is 0.739. The van der Waals surface area contributed by atoms with Gasteiger partial charge in [0.15, 0.2) is 0 Å². The van der Waals surface area contributed by atoms with E-state index >= 15 is 0 Å². The number of rotatable bonds is 3. The minimum Gasteiger partial charge on any atom is -0.496 e. The summed E-state index contributed by atoms with van der Waals surface area (Å²) in [6, 6.07) is 0.505. The Balaban J connectivity index is 1.67. The highest BCUT2D eigenvalue weighted by atomic mass is 16.5. The van der Waals surface area contributed by atoms with Gasteiger partial charge in [-0.15, -0.1) is 0 Å². The Kier molecular flexibility index (Phi) is 2.05. The van der Waals surface area contributed by atoms with Crippen LogP contribution in [0.5, 0.6) is 0 Å². The molecule has 0 radical (unpaired) electrons. The Hall–Kier alpha value is -0.500. The van der Waals surface area contributed by atoms with E-state index in [-0.39, 0.29) is 0 Å². The van der Waals surface area contributed by atoms with Gasteiger partial charge in [-0.25, -0.2) is 0 Å². The molecule has 2 heteroatoms. The Morgan fingerprint density at radius 3 is 2.71 bits per heavy atom. The third-order valence-corrected chi connectivity index (χ3v) is 4.10. The maximum Gasteiger partial charge on any atom is 0.109 e. The summed E-state index contributed by atoms with van der Waals surface area (Å²) in [5, 5.41) is 3.43. The van der Waals surface area contributed by atoms with Crippen LogP contribution in [-0.2, 0) is 4.74 Å². The second-order valence-corrected chi connectivity index (χ2v) is 5.00.